The molecule has 0 aromatic heterocycles. The number of fused-ring (bicyclic) bond motifs is 1. The lowest BCUT2D eigenvalue weighted by Crippen LogP contribution is -2.35. The zero-order valence-electron chi connectivity index (χ0n) is 18.7. The third-order valence-electron chi connectivity index (χ3n) is 6.16. The van der Waals surface area contributed by atoms with Gasteiger partial charge in [-0.1, -0.05) is 45.9 Å². The average molecular weight is 413 g/mol. The van der Waals surface area contributed by atoms with Crippen LogP contribution in [0.4, 0.5) is 0 Å². The standard InChI is InChI=1S/C24H32N2O4/c1-23(2)10-11-24(3,4)20-15(8-7-9-17(20)23)14-30-21-18(28-5)12-16(22(27)26-25)13-19(21)29-6/h7-9,12-13H,10-11,14,25H2,1-6H3,(H,26,27). The molecule has 2 aromatic rings. The Balaban J connectivity index is 2.00. The molecule has 0 saturated heterocycles. The average Bonchev–Trinajstić information content (AvgIpc) is 2.74. The Morgan fingerprint density at radius 3 is 2.20 bits per heavy atom. The van der Waals surface area contributed by atoms with Crippen LogP contribution in [0.2, 0.25) is 0 Å². The molecule has 1 aliphatic rings. The Morgan fingerprint density at radius 1 is 1.03 bits per heavy atom. The van der Waals surface area contributed by atoms with Crippen molar-refractivity contribution in [1.82, 2.24) is 5.43 Å². The van der Waals surface area contributed by atoms with Crippen LogP contribution < -0.4 is 25.5 Å². The molecule has 0 saturated carbocycles. The predicted molar refractivity (Wildman–Crippen MR) is 117 cm³/mol. The largest absolute Gasteiger partial charge is 0.493 e. The number of nitrogens with two attached hydrogens (primary N) is 1. The Morgan fingerprint density at radius 2 is 1.63 bits per heavy atom. The highest BCUT2D eigenvalue weighted by Crippen LogP contribution is 2.47. The first-order valence-electron chi connectivity index (χ1n) is 10.2. The van der Waals surface area contributed by atoms with Gasteiger partial charge in [-0.05, 0) is 52.5 Å². The smallest absolute Gasteiger partial charge is 0.265 e. The van der Waals surface area contributed by atoms with Gasteiger partial charge in [0.15, 0.2) is 11.5 Å². The van der Waals surface area contributed by atoms with E-state index >= 15 is 0 Å². The van der Waals surface area contributed by atoms with E-state index in [1.54, 1.807) is 12.1 Å². The molecule has 2 aromatic carbocycles. The normalized spacial score (nSPS) is 16.4. The third-order valence-corrected chi connectivity index (χ3v) is 6.16. The number of rotatable bonds is 6. The van der Waals surface area contributed by atoms with Crippen LogP contribution in [0.15, 0.2) is 30.3 Å². The van der Waals surface area contributed by atoms with Crippen molar-refractivity contribution in [2.75, 3.05) is 14.2 Å². The van der Waals surface area contributed by atoms with Gasteiger partial charge in [0, 0.05) is 5.56 Å². The Bertz CT molecular complexity index is 925. The van der Waals surface area contributed by atoms with Crippen molar-refractivity contribution in [2.45, 2.75) is 58.0 Å². The summed E-state index contributed by atoms with van der Waals surface area (Å²) >= 11 is 0. The molecule has 6 nitrogen and oxygen atoms in total. The molecule has 6 heteroatoms. The van der Waals surface area contributed by atoms with Gasteiger partial charge >= 0.3 is 0 Å². The molecule has 0 aliphatic heterocycles. The number of ether oxygens (including phenoxy) is 3. The highest BCUT2D eigenvalue weighted by molar-refractivity contribution is 5.95. The van der Waals surface area contributed by atoms with Gasteiger partial charge in [-0.3, -0.25) is 10.2 Å². The van der Waals surface area contributed by atoms with Crippen LogP contribution in [-0.4, -0.2) is 20.1 Å². The van der Waals surface area contributed by atoms with E-state index in [1.807, 2.05) is 0 Å². The van der Waals surface area contributed by atoms with E-state index in [9.17, 15) is 4.79 Å². The predicted octanol–water partition coefficient (Wildman–Crippen LogP) is 4.24. The van der Waals surface area contributed by atoms with Crippen LogP contribution >= 0.6 is 0 Å². The summed E-state index contributed by atoms with van der Waals surface area (Å²) in [5.74, 6) is 6.11. The lowest BCUT2D eigenvalue weighted by atomic mass is 9.62. The molecule has 162 valence electrons. The maximum absolute atomic E-state index is 11.9. The maximum Gasteiger partial charge on any atom is 0.265 e. The number of hydrazine groups is 1. The minimum Gasteiger partial charge on any atom is -0.493 e. The number of nitrogens with one attached hydrogen (secondary N) is 1. The number of methoxy groups -OCH3 is 2. The van der Waals surface area contributed by atoms with Crippen molar-refractivity contribution < 1.29 is 19.0 Å². The molecular formula is C24H32N2O4. The summed E-state index contributed by atoms with van der Waals surface area (Å²) in [6.45, 7) is 9.58. The number of amides is 1. The first-order chi connectivity index (χ1) is 14.1. The summed E-state index contributed by atoms with van der Waals surface area (Å²) in [6, 6.07) is 9.64. The lowest BCUT2D eigenvalue weighted by Gasteiger charge is -2.43. The molecule has 1 aliphatic carbocycles. The van der Waals surface area contributed by atoms with Gasteiger partial charge in [-0.2, -0.15) is 0 Å². The van der Waals surface area contributed by atoms with Crippen molar-refractivity contribution in [1.29, 1.82) is 0 Å². The van der Waals surface area contributed by atoms with Gasteiger partial charge in [-0.25, -0.2) is 5.84 Å². The monoisotopic (exact) mass is 412 g/mol. The number of hydrogen-bond donors (Lipinski definition) is 2. The van der Waals surface area contributed by atoms with Gasteiger partial charge in [0.05, 0.1) is 14.2 Å². The summed E-state index contributed by atoms with van der Waals surface area (Å²) in [6.07, 6.45) is 2.28. The van der Waals surface area contributed by atoms with Gasteiger partial charge in [0.1, 0.15) is 6.61 Å². The lowest BCUT2D eigenvalue weighted by molar-refractivity contribution is 0.0952. The molecular weight excluding hydrogens is 380 g/mol. The Kier molecular flexibility index (Phi) is 5.99. The molecule has 0 unspecified atom stereocenters. The van der Waals surface area contributed by atoms with E-state index < -0.39 is 5.91 Å². The summed E-state index contributed by atoms with van der Waals surface area (Å²) in [5, 5.41) is 0. The number of nitrogen functional groups attached to an aromatic ring is 1. The van der Waals surface area contributed by atoms with E-state index in [-0.39, 0.29) is 10.8 Å². The van der Waals surface area contributed by atoms with E-state index in [0.717, 1.165) is 18.4 Å². The molecule has 1 amide bonds. The first kappa shape index (κ1) is 22.0. The molecule has 3 N–H and O–H groups in total. The van der Waals surface area contributed by atoms with E-state index in [0.29, 0.717) is 29.4 Å². The summed E-state index contributed by atoms with van der Waals surface area (Å²) in [4.78, 5) is 11.9. The summed E-state index contributed by atoms with van der Waals surface area (Å²) in [5.41, 5.74) is 6.55. The molecule has 0 spiro atoms. The second-order valence-electron chi connectivity index (χ2n) is 9.08. The molecule has 0 fully saturated rings. The van der Waals surface area contributed by atoms with Crippen molar-refractivity contribution in [3.63, 3.8) is 0 Å². The first-order valence-corrected chi connectivity index (χ1v) is 10.2. The maximum atomic E-state index is 11.9. The van der Waals surface area contributed by atoms with Gasteiger partial charge in [0.2, 0.25) is 5.75 Å². The highest BCUT2D eigenvalue weighted by atomic mass is 16.5. The van der Waals surface area contributed by atoms with Crippen LogP contribution in [0.3, 0.4) is 0 Å². The number of hydrogen-bond acceptors (Lipinski definition) is 5. The topological polar surface area (TPSA) is 82.8 Å². The van der Waals surface area contributed by atoms with Crippen LogP contribution in [0.5, 0.6) is 17.2 Å². The molecule has 0 radical (unpaired) electrons. The fraction of sp³-hybridized carbons (Fsp3) is 0.458. The van der Waals surface area contributed by atoms with Crippen molar-refractivity contribution in [2.24, 2.45) is 5.84 Å². The highest BCUT2D eigenvalue weighted by Gasteiger charge is 2.38. The number of benzene rings is 2. The van der Waals surface area contributed by atoms with E-state index in [1.165, 1.54) is 25.3 Å². The zero-order valence-corrected chi connectivity index (χ0v) is 18.7. The minimum atomic E-state index is -0.431. The number of carbonyl (C=O) groups excluding carboxylic acids is 1. The molecule has 30 heavy (non-hydrogen) atoms. The second kappa shape index (κ2) is 8.19. The molecule has 0 atom stereocenters. The summed E-state index contributed by atoms with van der Waals surface area (Å²) < 4.78 is 17.2. The van der Waals surface area contributed by atoms with Gasteiger partial charge in [-0.15, -0.1) is 0 Å². The SMILES string of the molecule is COc1cc(C(=O)NN)cc(OC)c1OCc1cccc2c1C(C)(C)CCC2(C)C. The van der Waals surface area contributed by atoms with Gasteiger partial charge in [0.25, 0.3) is 5.91 Å². The quantitative estimate of drug-likeness (QED) is 0.421. The van der Waals surface area contributed by atoms with Crippen LogP contribution in [0.1, 0.15) is 67.6 Å². The second-order valence-corrected chi connectivity index (χ2v) is 9.08. The van der Waals surface area contributed by atoms with Crippen LogP contribution in [0.25, 0.3) is 0 Å². The minimum absolute atomic E-state index is 0.0715. The van der Waals surface area contributed by atoms with Crippen LogP contribution in [0, 0.1) is 0 Å². The van der Waals surface area contributed by atoms with Crippen molar-refractivity contribution >= 4 is 5.91 Å². The van der Waals surface area contributed by atoms with Crippen LogP contribution in [-0.2, 0) is 17.4 Å². The molecule has 0 heterocycles. The van der Waals surface area contributed by atoms with E-state index in [4.69, 9.17) is 20.1 Å². The number of carbonyl (C=O) groups is 1. The summed E-state index contributed by atoms with van der Waals surface area (Å²) in [7, 11) is 3.06. The fourth-order valence-corrected chi connectivity index (χ4v) is 4.35. The van der Waals surface area contributed by atoms with Crippen molar-refractivity contribution in [3.8, 4) is 17.2 Å². The Labute approximate surface area is 178 Å². The zero-order chi connectivity index (χ0) is 22.1. The molecule has 0 bridgehead atoms. The Hall–Kier alpha value is -2.73. The third kappa shape index (κ3) is 3.97. The molecule has 3 rings (SSSR count). The van der Waals surface area contributed by atoms with Gasteiger partial charge < -0.3 is 14.2 Å². The fourth-order valence-electron chi connectivity index (χ4n) is 4.35. The van der Waals surface area contributed by atoms with Crippen molar-refractivity contribution in [3.05, 3.63) is 52.6 Å². The van der Waals surface area contributed by atoms with E-state index in [2.05, 4.69) is 51.3 Å².